The zero-order valence-corrected chi connectivity index (χ0v) is 23.8. The van der Waals surface area contributed by atoms with Crippen LogP contribution >= 0.6 is 11.3 Å². The summed E-state index contributed by atoms with van der Waals surface area (Å²) < 4.78 is 2.48. The van der Waals surface area contributed by atoms with Crippen LogP contribution in [0.5, 0.6) is 0 Å². The van der Waals surface area contributed by atoms with E-state index in [-0.39, 0.29) is 6.17 Å². The third-order valence-electron chi connectivity index (χ3n) is 7.93. The minimum absolute atomic E-state index is 0.257. The largest absolute Gasteiger partial charge is 0.333 e. The Morgan fingerprint density at radius 3 is 2.12 bits per heavy atom. The molecular weight excluding hydrogens is 533 g/mol. The summed E-state index contributed by atoms with van der Waals surface area (Å²) in [7, 11) is 2.10. The fourth-order valence-electron chi connectivity index (χ4n) is 5.92. The third-order valence-corrected chi connectivity index (χ3v) is 9.05. The lowest BCUT2D eigenvalue weighted by molar-refractivity contribution is 0.385. The topological polar surface area (TPSA) is 40.9 Å². The molecule has 0 aliphatic carbocycles. The summed E-state index contributed by atoms with van der Waals surface area (Å²) in [5.74, 6) is 1.65. The molecule has 1 atom stereocenters. The Morgan fingerprint density at radius 2 is 1.31 bits per heavy atom. The quantitative estimate of drug-likeness (QED) is 0.216. The van der Waals surface area contributed by atoms with Crippen LogP contribution in [-0.2, 0) is 0 Å². The zero-order chi connectivity index (χ0) is 28.0. The van der Waals surface area contributed by atoms with E-state index in [1.165, 1.54) is 20.2 Å². The Balaban J connectivity index is 1.37. The normalized spacial score (nSPS) is 15.3. The molecule has 42 heavy (non-hydrogen) atoms. The first-order chi connectivity index (χ1) is 20.7. The third kappa shape index (κ3) is 4.09. The minimum Gasteiger partial charge on any atom is -0.333 e. The number of hydrogen-bond donors (Lipinski definition) is 0. The number of aromatic nitrogens is 1. The van der Waals surface area contributed by atoms with E-state index in [2.05, 4.69) is 115 Å². The van der Waals surface area contributed by atoms with Gasteiger partial charge in [0.15, 0.2) is 12.0 Å². The smallest absolute Gasteiger partial charge is 0.159 e. The number of rotatable bonds is 4. The molecule has 0 saturated heterocycles. The highest BCUT2D eigenvalue weighted by molar-refractivity contribution is 7.26. The molecule has 1 aliphatic rings. The molecule has 4 nitrogen and oxygen atoms in total. The van der Waals surface area contributed by atoms with E-state index in [0.29, 0.717) is 0 Å². The number of aliphatic imine (C=N–C) groups is 2. The maximum atomic E-state index is 5.30. The molecular formula is C37H26N4S. The lowest BCUT2D eigenvalue weighted by Gasteiger charge is -2.33. The van der Waals surface area contributed by atoms with Gasteiger partial charge in [0.25, 0.3) is 0 Å². The van der Waals surface area contributed by atoms with Crippen LogP contribution in [0.2, 0.25) is 0 Å². The monoisotopic (exact) mass is 558 g/mol. The van der Waals surface area contributed by atoms with Crippen molar-refractivity contribution in [1.29, 1.82) is 0 Å². The van der Waals surface area contributed by atoms with Crippen molar-refractivity contribution < 1.29 is 0 Å². The van der Waals surface area contributed by atoms with Crippen LogP contribution in [0.1, 0.15) is 22.9 Å². The highest BCUT2D eigenvalue weighted by Crippen LogP contribution is 2.44. The highest BCUT2D eigenvalue weighted by Gasteiger charge is 2.29. The average Bonchev–Trinajstić information content (AvgIpc) is 3.45. The first-order valence-electron chi connectivity index (χ1n) is 14.0. The van der Waals surface area contributed by atoms with Crippen LogP contribution in [-0.4, -0.2) is 28.6 Å². The number of amidine groups is 2. The number of hydrogen-bond acceptors (Lipinski definition) is 5. The molecule has 5 aromatic carbocycles. The summed E-state index contributed by atoms with van der Waals surface area (Å²) in [6, 6.07) is 46.4. The van der Waals surface area contributed by atoms with E-state index in [9.17, 15) is 0 Å². The van der Waals surface area contributed by atoms with Crippen LogP contribution < -0.4 is 0 Å². The van der Waals surface area contributed by atoms with E-state index in [1.54, 1.807) is 0 Å². The average molecular weight is 559 g/mol. The summed E-state index contributed by atoms with van der Waals surface area (Å²) >= 11 is 1.82. The maximum absolute atomic E-state index is 5.30. The van der Waals surface area contributed by atoms with E-state index in [4.69, 9.17) is 15.0 Å². The molecule has 7 aromatic rings. The summed E-state index contributed by atoms with van der Waals surface area (Å²) in [5.41, 5.74) is 6.35. The molecule has 1 aliphatic heterocycles. The van der Waals surface area contributed by atoms with Gasteiger partial charge in [-0.2, -0.15) is 0 Å². The SMILES string of the molecule is CN1C(c2ccccc2)=NC(c2ccccc2)=NC1c1cccc2sc3cccc(-c4ccc5ccccc5n4)c3c12. The molecule has 0 amide bonds. The first kappa shape index (κ1) is 24.6. The molecule has 0 bridgehead atoms. The fourth-order valence-corrected chi connectivity index (χ4v) is 7.09. The molecule has 0 N–H and O–H groups in total. The van der Waals surface area contributed by atoms with Crippen LogP contribution in [0, 0.1) is 0 Å². The van der Waals surface area contributed by atoms with Crippen molar-refractivity contribution in [3.05, 3.63) is 150 Å². The number of nitrogens with zero attached hydrogens (tertiary/aromatic N) is 4. The van der Waals surface area contributed by atoms with Gasteiger partial charge in [0.2, 0.25) is 0 Å². The number of benzene rings is 5. The van der Waals surface area contributed by atoms with Gasteiger partial charge in [-0.3, -0.25) is 0 Å². The van der Waals surface area contributed by atoms with Crippen molar-refractivity contribution in [3.8, 4) is 11.3 Å². The lowest BCUT2D eigenvalue weighted by Crippen LogP contribution is -2.35. The lowest BCUT2D eigenvalue weighted by atomic mass is 9.97. The van der Waals surface area contributed by atoms with Crippen molar-refractivity contribution in [3.63, 3.8) is 0 Å². The Morgan fingerprint density at radius 1 is 0.619 bits per heavy atom. The van der Waals surface area contributed by atoms with Crippen LogP contribution in [0.3, 0.4) is 0 Å². The molecule has 5 heteroatoms. The second kappa shape index (κ2) is 10.1. The van der Waals surface area contributed by atoms with Crippen LogP contribution in [0.15, 0.2) is 143 Å². The Hall–Kier alpha value is -5.13. The van der Waals surface area contributed by atoms with Gasteiger partial charge in [-0.15, -0.1) is 11.3 Å². The number of fused-ring (bicyclic) bond motifs is 4. The molecule has 3 heterocycles. The molecule has 0 saturated carbocycles. The van der Waals surface area contributed by atoms with Gasteiger partial charge in [0.05, 0.1) is 11.2 Å². The van der Waals surface area contributed by atoms with E-state index >= 15 is 0 Å². The maximum Gasteiger partial charge on any atom is 0.159 e. The first-order valence-corrected chi connectivity index (χ1v) is 14.9. The van der Waals surface area contributed by atoms with Crippen molar-refractivity contribution in [1.82, 2.24) is 9.88 Å². The van der Waals surface area contributed by atoms with E-state index in [0.717, 1.165) is 50.5 Å². The summed E-state index contributed by atoms with van der Waals surface area (Å²) in [6.07, 6.45) is -0.257. The predicted molar refractivity (Wildman–Crippen MR) is 177 cm³/mol. The van der Waals surface area contributed by atoms with Gasteiger partial charge in [-0.1, -0.05) is 109 Å². The van der Waals surface area contributed by atoms with Crippen molar-refractivity contribution in [2.75, 3.05) is 7.05 Å². The van der Waals surface area contributed by atoms with Gasteiger partial charge >= 0.3 is 0 Å². The Kier molecular flexibility index (Phi) is 5.90. The molecule has 0 spiro atoms. The second-order valence-electron chi connectivity index (χ2n) is 10.5. The summed E-state index contributed by atoms with van der Waals surface area (Å²) in [5, 5.41) is 3.60. The molecule has 0 radical (unpaired) electrons. The number of thiophene rings is 1. The minimum atomic E-state index is -0.257. The van der Waals surface area contributed by atoms with Gasteiger partial charge in [0, 0.05) is 54.9 Å². The summed E-state index contributed by atoms with van der Waals surface area (Å²) in [6.45, 7) is 0. The number of para-hydroxylation sites is 1. The molecule has 1 unspecified atom stereocenters. The van der Waals surface area contributed by atoms with Crippen LogP contribution in [0.4, 0.5) is 0 Å². The highest BCUT2D eigenvalue weighted by atomic mass is 32.1. The van der Waals surface area contributed by atoms with Crippen molar-refractivity contribution in [2.45, 2.75) is 6.17 Å². The Labute approximate surface area is 248 Å². The second-order valence-corrected chi connectivity index (χ2v) is 11.6. The van der Waals surface area contributed by atoms with Crippen molar-refractivity contribution in [2.24, 2.45) is 9.98 Å². The Bertz CT molecular complexity index is 2160. The summed E-state index contributed by atoms with van der Waals surface area (Å²) in [4.78, 5) is 17.7. The van der Waals surface area contributed by atoms with Crippen LogP contribution in [0.25, 0.3) is 42.3 Å². The van der Waals surface area contributed by atoms with Crippen molar-refractivity contribution >= 4 is 54.1 Å². The fraction of sp³-hybridized carbons (Fsp3) is 0.0541. The zero-order valence-electron chi connectivity index (χ0n) is 23.0. The van der Waals surface area contributed by atoms with Gasteiger partial charge in [-0.05, 0) is 24.3 Å². The molecule has 0 fully saturated rings. The predicted octanol–water partition coefficient (Wildman–Crippen LogP) is 9.11. The van der Waals surface area contributed by atoms with Gasteiger partial charge in [0.1, 0.15) is 5.84 Å². The van der Waals surface area contributed by atoms with E-state index in [1.807, 2.05) is 41.7 Å². The van der Waals surface area contributed by atoms with Gasteiger partial charge in [-0.25, -0.2) is 15.0 Å². The van der Waals surface area contributed by atoms with E-state index < -0.39 is 0 Å². The molecule has 2 aromatic heterocycles. The number of pyridine rings is 1. The molecule has 200 valence electrons. The standard InChI is InChI=1S/C37H26N4S/c1-41-36(26-15-6-3-7-16-26)39-35(25-13-4-2-5-14-25)40-37(41)28-18-11-21-32-34(28)33-27(17-10-20-31(33)42-32)30-23-22-24-12-8-9-19-29(24)38-30/h2-23,37H,1H3. The molecule has 8 rings (SSSR count). The van der Waals surface area contributed by atoms with Gasteiger partial charge < -0.3 is 4.90 Å².